The maximum absolute atomic E-state index is 14.1. The third-order valence-corrected chi connectivity index (χ3v) is 10.3. The number of halogens is 3. The fraction of sp³-hybridized carbons (Fsp3) is 0.235. The smallest absolute Gasteiger partial charge is 0.435 e. The van der Waals surface area contributed by atoms with E-state index >= 15 is 0 Å². The Morgan fingerprint density at radius 2 is 1.65 bits per heavy atom. The lowest BCUT2D eigenvalue weighted by molar-refractivity contribution is -0.140. The number of rotatable bonds is 7. The number of piperidine rings is 1. The van der Waals surface area contributed by atoms with Gasteiger partial charge >= 0.3 is 6.18 Å². The summed E-state index contributed by atoms with van der Waals surface area (Å²) in [6.45, 7) is 2.78. The quantitative estimate of drug-likeness (QED) is 0.196. The second-order valence-corrected chi connectivity index (χ2v) is 13.4. The summed E-state index contributed by atoms with van der Waals surface area (Å²) in [5.74, 6) is 0.881. The van der Waals surface area contributed by atoms with Crippen LogP contribution in [-0.2, 0) is 16.2 Å². The lowest BCUT2D eigenvalue weighted by atomic mass is 9.96. The van der Waals surface area contributed by atoms with Crippen LogP contribution in [0, 0.1) is 6.92 Å². The standard InChI is InChI=1S/C34H30F3N7O3S/c1-21-8-10-22(11-9-21)29-30(34(35,36)37)42-31(41-29)23-13-16-43(17-14-23)32-26-19-27(24-12-15-38-28(18-24)47-2)44(33(26)40-20-39-32)48(45,46)25-6-4-3-5-7-25/h3-12,15,18-20,23H,13-14,16-17H2,1-2H3,(H,41,42). The summed E-state index contributed by atoms with van der Waals surface area (Å²) in [6, 6.07) is 20.0. The van der Waals surface area contributed by atoms with Crippen LogP contribution in [0.2, 0.25) is 0 Å². The Morgan fingerprint density at radius 1 is 0.917 bits per heavy atom. The van der Waals surface area contributed by atoms with Crippen molar-refractivity contribution in [3.63, 3.8) is 0 Å². The number of alkyl halides is 3. The van der Waals surface area contributed by atoms with E-state index in [0.29, 0.717) is 65.7 Å². The van der Waals surface area contributed by atoms with Crippen LogP contribution in [-0.4, -0.2) is 57.5 Å². The molecular formula is C34H30F3N7O3S. The monoisotopic (exact) mass is 673 g/mol. The van der Waals surface area contributed by atoms with Gasteiger partial charge in [0.2, 0.25) is 5.88 Å². The highest BCUT2D eigenvalue weighted by Crippen LogP contribution is 2.40. The summed E-state index contributed by atoms with van der Waals surface area (Å²) in [5, 5.41) is 0.514. The Hall–Kier alpha value is -5.24. The first-order valence-corrected chi connectivity index (χ1v) is 16.6. The SMILES string of the molecule is COc1cc(-c2cc3c(N4CCC(c5nc(C(F)(F)F)c(-c6ccc(C)cc6)[nH]5)CC4)ncnc3n2S(=O)(=O)c2ccccc2)ccn1. The van der Waals surface area contributed by atoms with E-state index < -0.39 is 21.9 Å². The van der Waals surface area contributed by atoms with Gasteiger partial charge in [-0.25, -0.2) is 32.3 Å². The molecule has 1 N–H and O–H groups in total. The van der Waals surface area contributed by atoms with Crippen molar-refractivity contribution in [3.8, 4) is 28.4 Å². The molecule has 2 aromatic carbocycles. The lowest BCUT2D eigenvalue weighted by Gasteiger charge is -2.32. The van der Waals surface area contributed by atoms with E-state index in [1.807, 2.05) is 11.8 Å². The van der Waals surface area contributed by atoms with Crippen molar-refractivity contribution < 1.29 is 26.3 Å². The molecule has 0 unspecified atom stereocenters. The number of aromatic amines is 1. The molecule has 0 atom stereocenters. The van der Waals surface area contributed by atoms with Crippen LogP contribution in [0.1, 0.15) is 35.8 Å². The van der Waals surface area contributed by atoms with E-state index in [9.17, 15) is 21.6 Å². The molecular weight excluding hydrogens is 643 g/mol. The first-order valence-electron chi connectivity index (χ1n) is 15.2. The van der Waals surface area contributed by atoms with E-state index in [4.69, 9.17) is 4.74 Å². The summed E-state index contributed by atoms with van der Waals surface area (Å²) >= 11 is 0. The minimum Gasteiger partial charge on any atom is -0.481 e. The van der Waals surface area contributed by atoms with Crippen molar-refractivity contribution in [3.05, 3.63) is 102 Å². The predicted octanol–water partition coefficient (Wildman–Crippen LogP) is 6.84. The first kappa shape index (κ1) is 31.4. The number of hydrogen-bond donors (Lipinski definition) is 1. The van der Waals surface area contributed by atoms with Crippen molar-refractivity contribution >= 4 is 26.9 Å². The molecule has 4 aromatic heterocycles. The number of methoxy groups -OCH3 is 1. The number of imidazole rings is 1. The molecule has 0 bridgehead atoms. The fourth-order valence-electron chi connectivity index (χ4n) is 6.14. The number of aryl methyl sites for hydroxylation is 1. The zero-order valence-electron chi connectivity index (χ0n) is 25.9. The number of ether oxygens (including phenoxy) is 1. The molecule has 7 rings (SSSR count). The average Bonchev–Trinajstić information content (AvgIpc) is 3.73. The zero-order valence-corrected chi connectivity index (χ0v) is 26.8. The maximum Gasteiger partial charge on any atom is 0.435 e. The lowest BCUT2D eigenvalue weighted by Crippen LogP contribution is -2.34. The van der Waals surface area contributed by atoms with Gasteiger partial charge < -0.3 is 14.6 Å². The summed E-state index contributed by atoms with van der Waals surface area (Å²) in [5.41, 5.74) is 1.49. The van der Waals surface area contributed by atoms with E-state index in [-0.39, 0.29) is 22.2 Å². The van der Waals surface area contributed by atoms with E-state index in [1.54, 1.807) is 60.7 Å². The molecule has 0 saturated carbocycles. The Kier molecular flexibility index (Phi) is 7.90. The molecule has 6 aromatic rings. The minimum absolute atomic E-state index is 0.0429. The molecule has 48 heavy (non-hydrogen) atoms. The second-order valence-electron chi connectivity index (χ2n) is 11.6. The fourth-order valence-corrected chi connectivity index (χ4v) is 7.64. The van der Waals surface area contributed by atoms with Gasteiger partial charge in [0, 0.05) is 42.4 Å². The van der Waals surface area contributed by atoms with Crippen LogP contribution in [0.3, 0.4) is 0 Å². The number of nitrogens with one attached hydrogen (secondary N) is 1. The van der Waals surface area contributed by atoms with Crippen LogP contribution in [0.5, 0.6) is 5.88 Å². The number of nitrogens with zero attached hydrogens (tertiary/aromatic N) is 6. The molecule has 10 nitrogen and oxygen atoms in total. The van der Waals surface area contributed by atoms with Gasteiger partial charge in [-0.05, 0) is 44.0 Å². The van der Waals surface area contributed by atoms with Gasteiger partial charge in [0.1, 0.15) is 18.0 Å². The number of benzene rings is 2. The van der Waals surface area contributed by atoms with Crippen molar-refractivity contribution in [1.82, 2.24) is 28.9 Å². The van der Waals surface area contributed by atoms with Gasteiger partial charge in [0.25, 0.3) is 10.0 Å². The molecule has 1 aliphatic heterocycles. The van der Waals surface area contributed by atoms with Crippen LogP contribution in [0.25, 0.3) is 33.5 Å². The molecule has 1 saturated heterocycles. The van der Waals surface area contributed by atoms with E-state index in [2.05, 4.69) is 24.9 Å². The number of hydrogen-bond acceptors (Lipinski definition) is 8. The zero-order chi connectivity index (χ0) is 33.6. The van der Waals surface area contributed by atoms with Gasteiger partial charge in [-0.3, -0.25) is 0 Å². The molecule has 1 aliphatic rings. The summed E-state index contributed by atoms with van der Waals surface area (Å²) in [7, 11) is -2.63. The highest BCUT2D eigenvalue weighted by molar-refractivity contribution is 7.90. The number of fused-ring (bicyclic) bond motifs is 1. The molecule has 246 valence electrons. The minimum atomic E-state index is -4.62. The van der Waals surface area contributed by atoms with E-state index in [1.165, 1.54) is 35.7 Å². The van der Waals surface area contributed by atoms with Crippen molar-refractivity contribution in [1.29, 1.82) is 0 Å². The van der Waals surface area contributed by atoms with Gasteiger partial charge in [0.05, 0.1) is 28.8 Å². The van der Waals surface area contributed by atoms with Crippen LogP contribution in [0.15, 0.2) is 90.2 Å². The molecule has 1 fully saturated rings. The van der Waals surface area contributed by atoms with Gasteiger partial charge in [-0.2, -0.15) is 13.2 Å². The Bertz CT molecular complexity index is 2210. The van der Waals surface area contributed by atoms with Crippen molar-refractivity contribution in [2.45, 2.75) is 36.8 Å². The van der Waals surface area contributed by atoms with Crippen LogP contribution >= 0.6 is 0 Å². The molecule has 0 spiro atoms. The molecule has 14 heteroatoms. The molecule has 5 heterocycles. The van der Waals surface area contributed by atoms with E-state index in [0.717, 1.165) is 5.56 Å². The Balaban J connectivity index is 1.25. The van der Waals surface area contributed by atoms with Crippen molar-refractivity contribution in [2.75, 3.05) is 25.1 Å². The summed E-state index contributed by atoms with van der Waals surface area (Å²) in [4.78, 5) is 22.3. The molecule has 0 aliphatic carbocycles. The third-order valence-electron chi connectivity index (χ3n) is 8.57. The predicted molar refractivity (Wildman–Crippen MR) is 174 cm³/mol. The average molecular weight is 674 g/mol. The Labute approximate surface area is 274 Å². The van der Waals surface area contributed by atoms with Gasteiger partial charge in [0.15, 0.2) is 11.3 Å². The summed E-state index contributed by atoms with van der Waals surface area (Å²) < 4.78 is 76.9. The Morgan fingerprint density at radius 3 is 2.33 bits per heavy atom. The summed E-state index contributed by atoms with van der Waals surface area (Å²) in [6.07, 6.45) is -0.756. The van der Waals surface area contributed by atoms with Gasteiger partial charge in [-0.15, -0.1) is 0 Å². The highest BCUT2D eigenvalue weighted by atomic mass is 32.2. The largest absolute Gasteiger partial charge is 0.481 e. The maximum atomic E-state index is 14.1. The second kappa shape index (κ2) is 12.1. The topological polar surface area (TPSA) is 119 Å². The van der Waals surface area contributed by atoms with Gasteiger partial charge in [-0.1, -0.05) is 48.0 Å². The number of anilines is 1. The number of aromatic nitrogens is 6. The number of H-pyrrole nitrogens is 1. The third kappa shape index (κ3) is 5.65. The first-order chi connectivity index (χ1) is 23.0. The highest BCUT2D eigenvalue weighted by Gasteiger charge is 2.39. The molecule has 0 radical (unpaired) electrons. The van der Waals surface area contributed by atoms with Crippen LogP contribution in [0.4, 0.5) is 19.0 Å². The molecule has 0 amide bonds. The normalized spacial score (nSPS) is 14.5. The van der Waals surface area contributed by atoms with Crippen molar-refractivity contribution in [2.24, 2.45) is 0 Å². The number of pyridine rings is 1. The van der Waals surface area contributed by atoms with Crippen LogP contribution < -0.4 is 9.64 Å².